The molecule has 0 heterocycles. The second-order valence-corrected chi connectivity index (χ2v) is 4.29. The van der Waals surface area contributed by atoms with E-state index < -0.39 is 0 Å². The first-order chi connectivity index (χ1) is 8.91. The minimum Gasteiger partial charge on any atom is -0.317 e. The van der Waals surface area contributed by atoms with Crippen molar-refractivity contribution in [3.05, 3.63) is 12.2 Å². The van der Waals surface area contributed by atoms with Gasteiger partial charge in [-0.3, -0.25) is 0 Å². The van der Waals surface area contributed by atoms with Crippen LogP contribution in [0.4, 0.5) is 0 Å². The van der Waals surface area contributed by atoms with Crippen molar-refractivity contribution in [2.24, 2.45) is 0 Å². The lowest BCUT2D eigenvalue weighted by molar-refractivity contribution is 0.624. The molecule has 116 valence electrons. The van der Waals surface area contributed by atoms with Gasteiger partial charge in [0.2, 0.25) is 0 Å². The highest BCUT2D eigenvalue weighted by molar-refractivity contribution is 5.85. The maximum Gasteiger partial charge on any atom is 0.0135 e. The summed E-state index contributed by atoms with van der Waals surface area (Å²) < 4.78 is 0. The zero-order chi connectivity index (χ0) is 13.3. The van der Waals surface area contributed by atoms with Gasteiger partial charge >= 0.3 is 0 Å². The van der Waals surface area contributed by atoms with Gasteiger partial charge in [0.25, 0.3) is 0 Å². The molecule has 0 aromatic carbocycles. The lowest BCUT2D eigenvalue weighted by atomic mass is 10.4. The van der Waals surface area contributed by atoms with Crippen molar-refractivity contribution >= 4 is 12.4 Å². The van der Waals surface area contributed by atoms with Crippen LogP contribution in [0.3, 0.4) is 0 Å². The lowest BCUT2D eigenvalue weighted by Gasteiger charge is -2.03. The fraction of sp³-hybridized carbons (Fsp3) is 0.857. The molecule has 19 heavy (non-hydrogen) atoms. The summed E-state index contributed by atoms with van der Waals surface area (Å²) in [4.78, 5) is 0. The fourth-order valence-electron chi connectivity index (χ4n) is 1.57. The zero-order valence-electron chi connectivity index (χ0n) is 12.6. The third-order valence-electron chi connectivity index (χ3n) is 2.61. The predicted molar refractivity (Wildman–Crippen MR) is 88.4 cm³/mol. The van der Waals surface area contributed by atoms with Gasteiger partial charge in [-0.2, -0.15) is 0 Å². The molecule has 0 aliphatic rings. The second-order valence-electron chi connectivity index (χ2n) is 4.29. The van der Waals surface area contributed by atoms with Gasteiger partial charge in [0, 0.05) is 13.1 Å². The Morgan fingerprint density at radius 1 is 0.632 bits per heavy atom. The Balaban J connectivity index is 0. The van der Waals surface area contributed by atoms with E-state index >= 15 is 0 Å². The maximum absolute atomic E-state index is 3.40. The van der Waals surface area contributed by atoms with Gasteiger partial charge in [-0.1, -0.05) is 26.0 Å². The second kappa shape index (κ2) is 20.2. The molecule has 0 aromatic rings. The van der Waals surface area contributed by atoms with Crippen LogP contribution in [0, 0.1) is 0 Å². The van der Waals surface area contributed by atoms with E-state index in [9.17, 15) is 0 Å². The van der Waals surface area contributed by atoms with Crippen LogP contribution in [0.5, 0.6) is 0 Å². The quantitative estimate of drug-likeness (QED) is 0.286. The first-order valence-corrected chi connectivity index (χ1v) is 7.39. The lowest BCUT2D eigenvalue weighted by Crippen LogP contribution is -2.22. The molecule has 0 atom stereocenters. The van der Waals surface area contributed by atoms with Crippen LogP contribution in [-0.2, 0) is 0 Å². The summed E-state index contributed by atoms with van der Waals surface area (Å²) in [7, 11) is 0. The topological polar surface area (TPSA) is 48.1 Å². The number of halogens is 1. The van der Waals surface area contributed by atoms with Crippen LogP contribution in [0.15, 0.2) is 12.2 Å². The number of rotatable bonds is 14. The normalized spacial score (nSPS) is 10.8. The summed E-state index contributed by atoms with van der Waals surface area (Å²) in [5.41, 5.74) is 0. The Bertz CT molecular complexity index is 159. The first kappa shape index (κ1) is 21.2. The van der Waals surface area contributed by atoms with E-state index in [2.05, 4.69) is 47.3 Å². The van der Waals surface area contributed by atoms with Crippen LogP contribution in [0.25, 0.3) is 0 Å². The van der Waals surface area contributed by atoms with Crippen molar-refractivity contribution in [1.29, 1.82) is 0 Å². The third kappa shape index (κ3) is 20.4. The third-order valence-corrected chi connectivity index (χ3v) is 2.61. The first-order valence-electron chi connectivity index (χ1n) is 7.39. The molecule has 0 fully saturated rings. The van der Waals surface area contributed by atoms with Crippen molar-refractivity contribution in [3.63, 3.8) is 0 Å². The molecular formula is C14H33ClN4. The molecule has 0 rings (SSSR count). The van der Waals surface area contributed by atoms with Crippen molar-refractivity contribution in [2.45, 2.75) is 26.7 Å². The average Bonchev–Trinajstić information content (AvgIpc) is 2.39. The highest BCUT2D eigenvalue weighted by Crippen LogP contribution is 1.76. The monoisotopic (exact) mass is 292 g/mol. The molecule has 4 nitrogen and oxygen atoms in total. The Labute approximate surface area is 125 Å². The molecule has 0 amide bonds. The average molecular weight is 293 g/mol. The Morgan fingerprint density at radius 3 is 1.37 bits per heavy atom. The van der Waals surface area contributed by atoms with E-state index in [4.69, 9.17) is 0 Å². The summed E-state index contributed by atoms with van der Waals surface area (Å²) in [6, 6.07) is 0. The summed E-state index contributed by atoms with van der Waals surface area (Å²) in [6.07, 6.45) is 6.80. The summed E-state index contributed by atoms with van der Waals surface area (Å²) in [6.45, 7) is 12.8. The molecule has 0 unspecified atom stereocenters. The van der Waals surface area contributed by atoms with E-state index in [1.54, 1.807) is 0 Å². The maximum atomic E-state index is 3.40. The molecule has 5 heteroatoms. The molecule has 0 saturated heterocycles. The van der Waals surface area contributed by atoms with E-state index in [1.165, 1.54) is 12.8 Å². The fourth-order valence-corrected chi connectivity index (χ4v) is 1.57. The minimum absolute atomic E-state index is 0. The van der Waals surface area contributed by atoms with Gasteiger partial charge in [-0.25, -0.2) is 0 Å². The zero-order valence-corrected chi connectivity index (χ0v) is 13.5. The van der Waals surface area contributed by atoms with Crippen molar-refractivity contribution in [1.82, 2.24) is 21.3 Å². The smallest absolute Gasteiger partial charge is 0.0135 e. The van der Waals surface area contributed by atoms with Gasteiger partial charge in [-0.15, -0.1) is 12.4 Å². The van der Waals surface area contributed by atoms with Crippen molar-refractivity contribution in [3.8, 4) is 0 Å². The van der Waals surface area contributed by atoms with Crippen LogP contribution >= 0.6 is 12.4 Å². The van der Waals surface area contributed by atoms with Crippen molar-refractivity contribution in [2.75, 3.05) is 52.4 Å². The summed E-state index contributed by atoms with van der Waals surface area (Å²) >= 11 is 0. The highest BCUT2D eigenvalue weighted by Gasteiger charge is 1.86. The molecule has 0 bridgehead atoms. The summed E-state index contributed by atoms with van der Waals surface area (Å²) in [5.74, 6) is 0. The minimum atomic E-state index is 0. The van der Waals surface area contributed by atoms with Crippen LogP contribution < -0.4 is 21.3 Å². The van der Waals surface area contributed by atoms with Crippen LogP contribution in [0.1, 0.15) is 26.7 Å². The van der Waals surface area contributed by atoms with E-state index in [0.717, 1.165) is 52.4 Å². The summed E-state index contributed by atoms with van der Waals surface area (Å²) in [5, 5.41) is 13.4. The molecule has 0 radical (unpaired) electrons. The highest BCUT2D eigenvalue weighted by atomic mass is 35.5. The SMILES string of the molecule is CCNCCCNC/C=C\CNCCCNCC.Cl. The Morgan fingerprint density at radius 2 is 1.00 bits per heavy atom. The molecule has 0 aromatic heterocycles. The molecule has 4 N–H and O–H groups in total. The van der Waals surface area contributed by atoms with Gasteiger partial charge in [-0.05, 0) is 52.1 Å². The molecular weight excluding hydrogens is 260 g/mol. The number of nitrogens with one attached hydrogen (secondary N) is 4. The van der Waals surface area contributed by atoms with E-state index in [0.29, 0.717) is 0 Å². The predicted octanol–water partition coefficient (Wildman–Crippen LogP) is 1.14. The Kier molecular flexibility index (Phi) is 22.5. The van der Waals surface area contributed by atoms with Gasteiger partial charge in [0.05, 0.1) is 0 Å². The van der Waals surface area contributed by atoms with Crippen molar-refractivity contribution < 1.29 is 0 Å². The van der Waals surface area contributed by atoms with E-state index in [-0.39, 0.29) is 12.4 Å². The largest absolute Gasteiger partial charge is 0.317 e. The number of hydrogen-bond acceptors (Lipinski definition) is 4. The molecule has 0 spiro atoms. The Hall–Kier alpha value is -0.130. The van der Waals surface area contributed by atoms with Gasteiger partial charge in [0.15, 0.2) is 0 Å². The van der Waals surface area contributed by atoms with Crippen LogP contribution in [0.2, 0.25) is 0 Å². The van der Waals surface area contributed by atoms with Crippen LogP contribution in [-0.4, -0.2) is 52.4 Å². The molecule has 0 saturated carbocycles. The standard InChI is InChI=1S/C14H32N4.ClH/c1-3-15-11-7-13-17-9-5-6-10-18-14-8-12-16-4-2;/h5-6,15-18H,3-4,7-14H2,1-2H3;1H/b6-5-;. The number of hydrogen-bond donors (Lipinski definition) is 4. The van der Waals surface area contributed by atoms with Gasteiger partial charge in [0.1, 0.15) is 0 Å². The van der Waals surface area contributed by atoms with Gasteiger partial charge < -0.3 is 21.3 Å². The van der Waals surface area contributed by atoms with E-state index in [1.807, 2.05) is 0 Å². The molecule has 0 aliphatic heterocycles. The molecule has 0 aliphatic carbocycles.